The first kappa shape index (κ1) is 22.9. The van der Waals surface area contributed by atoms with Crippen LogP contribution in [0.15, 0.2) is 48.5 Å². The highest BCUT2D eigenvalue weighted by Gasteiger charge is 2.46. The lowest BCUT2D eigenvalue weighted by molar-refractivity contribution is -0.142. The number of hydrogen-bond donors (Lipinski definition) is 3. The van der Waals surface area contributed by atoms with Gasteiger partial charge in [0.05, 0.1) is 25.2 Å². The molecule has 0 unspecified atom stereocenters. The molecule has 180 valence electrons. The Morgan fingerprint density at radius 3 is 2.62 bits per heavy atom. The van der Waals surface area contributed by atoms with Gasteiger partial charge in [-0.1, -0.05) is 30.3 Å². The number of ether oxygens (including phenoxy) is 2. The summed E-state index contributed by atoms with van der Waals surface area (Å²) in [6.07, 6.45) is 2.52. The molecule has 2 amide bonds. The van der Waals surface area contributed by atoms with E-state index in [1.165, 1.54) is 0 Å². The van der Waals surface area contributed by atoms with Gasteiger partial charge in [-0.15, -0.1) is 0 Å². The van der Waals surface area contributed by atoms with Gasteiger partial charge in [0.25, 0.3) is 0 Å². The van der Waals surface area contributed by atoms with Crippen molar-refractivity contribution in [1.29, 1.82) is 0 Å². The van der Waals surface area contributed by atoms with Crippen LogP contribution in [0.4, 0.5) is 5.69 Å². The molecule has 7 heteroatoms. The Labute approximate surface area is 199 Å². The minimum absolute atomic E-state index is 0.00877. The van der Waals surface area contributed by atoms with Crippen molar-refractivity contribution >= 4 is 17.5 Å². The largest absolute Gasteiger partial charge is 0.487 e. The summed E-state index contributed by atoms with van der Waals surface area (Å²) in [4.78, 5) is 25.0. The van der Waals surface area contributed by atoms with E-state index in [2.05, 4.69) is 10.6 Å². The fraction of sp³-hybridized carbons (Fsp3) is 0.481. The Kier molecular flexibility index (Phi) is 6.57. The van der Waals surface area contributed by atoms with Gasteiger partial charge in [0.1, 0.15) is 18.0 Å². The van der Waals surface area contributed by atoms with E-state index < -0.39 is 6.10 Å². The number of nitrogens with one attached hydrogen (secondary N) is 2. The van der Waals surface area contributed by atoms with Crippen molar-refractivity contribution in [1.82, 2.24) is 5.32 Å². The van der Waals surface area contributed by atoms with Crippen LogP contribution in [0.3, 0.4) is 0 Å². The van der Waals surface area contributed by atoms with E-state index in [0.29, 0.717) is 18.8 Å². The van der Waals surface area contributed by atoms with Crippen LogP contribution in [0.25, 0.3) is 0 Å². The smallest absolute Gasteiger partial charge is 0.224 e. The van der Waals surface area contributed by atoms with Crippen LogP contribution in [0, 0.1) is 5.92 Å². The van der Waals surface area contributed by atoms with Crippen LogP contribution in [0.5, 0.6) is 5.75 Å². The molecule has 1 saturated carbocycles. The summed E-state index contributed by atoms with van der Waals surface area (Å²) in [6.45, 7) is 1.78. The maximum absolute atomic E-state index is 12.8. The minimum atomic E-state index is -0.511. The number of hydrogen-bond acceptors (Lipinski definition) is 5. The van der Waals surface area contributed by atoms with Gasteiger partial charge in [-0.3, -0.25) is 9.59 Å². The molecule has 1 aliphatic carbocycles. The Bertz CT molecular complexity index is 1040. The van der Waals surface area contributed by atoms with E-state index in [1.54, 1.807) is 0 Å². The first-order chi connectivity index (χ1) is 16.5. The number of carbonyl (C=O) groups excluding carboxylic acids is 2. The number of anilines is 1. The first-order valence-corrected chi connectivity index (χ1v) is 12.2. The monoisotopic (exact) mass is 464 g/mol. The molecule has 3 aliphatic rings. The summed E-state index contributed by atoms with van der Waals surface area (Å²) < 4.78 is 12.2. The lowest BCUT2D eigenvalue weighted by Crippen LogP contribution is -2.47. The quantitative estimate of drug-likeness (QED) is 0.554. The summed E-state index contributed by atoms with van der Waals surface area (Å²) >= 11 is 0. The number of fused-ring (bicyclic) bond motifs is 3. The van der Waals surface area contributed by atoms with Crippen molar-refractivity contribution in [2.75, 3.05) is 11.9 Å². The van der Waals surface area contributed by atoms with Crippen LogP contribution in [-0.2, 0) is 14.3 Å². The Morgan fingerprint density at radius 2 is 1.88 bits per heavy atom. The standard InChI is InChI=1S/C27H32N2O5/c1-16(18-5-3-2-4-6-18)28-26(32)14-20-13-22-21-12-19(29-25(31)11-17-7-8-17)9-10-23(21)34-27(22)24(15-30)33-20/h2-6,9-10,12,16-17,20,22,24,27,30H,7-8,11,13-15H2,1H3,(H,28,32)(H,29,31)/t16-,20+,22+,24+,27-/m0/s1. The number of carbonyl (C=O) groups is 2. The van der Waals surface area contributed by atoms with E-state index in [0.717, 1.165) is 35.4 Å². The fourth-order valence-corrected chi connectivity index (χ4v) is 5.10. The number of aliphatic hydroxyl groups excluding tert-OH is 1. The van der Waals surface area contributed by atoms with Crippen molar-refractivity contribution in [2.45, 2.75) is 69.3 Å². The summed E-state index contributed by atoms with van der Waals surface area (Å²) in [6, 6.07) is 15.4. The van der Waals surface area contributed by atoms with Gasteiger partial charge in [-0.2, -0.15) is 0 Å². The molecule has 1 saturated heterocycles. The molecule has 34 heavy (non-hydrogen) atoms. The fourth-order valence-electron chi connectivity index (χ4n) is 5.10. The van der Waals surface area contributed by atoms with Crippen molar-refractivity contribution in [3.8, 4) is 5.75 Å². The number of benzene rings is 2. The van der Waals surface area contributed by atoms with E-state index in [4.69, 9.17) is 9.47 Å². The molecule has 5 atom stereocenters. The normalized spacial score (nSPS) is 26.1. The third-order valence-electron chi connectivity index (χ3n) is 7.04. The molecule has 2 aromatic carbocycles. The molecule has 0 bridgehead atoms. The summed E-state index contributed by atoms with van der Waals surface area (Å²) in [7, 11) is 0. The van der Waals surface area contributed by atoms with Crippen LogP contribution >= 0.6 is 0 Å². The van der Waals surface area contributed by atoms with E-state index in [9.17, 15) is 14.7 Å². The predicted octanol–water partition coefficient (Wildman–Crippen LogP) is 3.69. The molecule has 0 spiro atoms. The van der Waals surface area contributed by atoms with E-state index >= 15 is 0 Å². The van der Waals surface area contributed by atoms with Crippen LogP contribution < -0.4 is 15.4 Å². The Hall–Kier alpha value is -2.90. The highest BCUT2D eigenvalue weighted by Crippen LogP contribution is 2.47. The summed E-state index contributed by atoms with van der Waals surface area (Å²) in [5.74, 6) is 1.22. The van der Waals surface area contributed by atoms with E-state index in [-0.39, 0.29) is 49.0 Å². The Morgan fingerprint density at radius 1 is 1.09 bits per heavy atom. The lowest BCUT2D eigenvalue weighted by atomic mass is 9.84. The maximum Gasteiger partial charge on any atom is 0.224 e. The molecule has 2 aromatic rings. The zero-order valence-electron chi connectivity index (χ0n) is 19.4. The van der Waals surface area contributed by atoms with Gasteiger partial charge < -0.3 is 25.2 Å². The van der Waals surface area contributed by atoms with Gasteiger partial charge >= 0.3 is 0 Å². The number of rotatable bonds is 8. The molecular weight excluding hydrogens is 432 g/mol. The van der Waals surface area contributed by atoms with Crippen molar-refractivity contribution in [3.05, 3.63) is 59.7 Å². The molecule has 5 rings (SSSR count). The van der Waals surface area contributed by atoms with Gasteiger partial charge in [0, 0.05) is 23.6 Å². The lowest BCUT2D eigenvalue weighted by Gasteiger charge is -2.37. The second-order valence-corrected chi connectivity index (χ2v) is 9.76. The molecule has 0 radical (unpaired) electrons. The average Bonchev–Trinajstić information content (AvgIpc) is 3.57. The van der Waals surface area contributed by atoms with Crippen LogP contribution in [0.2, 0.25) is 0 Å². The third-order valence-corrected chi connectivity index (χ3v) is 7.04. The third kappa shape index (κ3) is 5.10. The molecule has 7 nitrogen and oxygen atoms in total. The molecule has 2 fully saturated rings. The summed E-state index contributed by atoms with van der Waals surface area (Å²) in [5, 5.41) is 16.0. The SMILES string of the molecule is C[C@H](NC(=O)C[C@H]1C[C@@H]2c3cc(NC(=O)CC4CC4)ccc3O[C@@H]2[C@@H](CO)O1)c1ccccc1. The zero-order valence-corrected chi connectivity index (χ0v) is 19.4. The highest BCUT2D eigenvalue weighted by molar-refractivity contribution is 5.91. The predicted molar refractivity (Wildman–Crippen MR) is 128 cm³/mol. The molecule has 2 aliphatic heterocycles. The Balaban J connectivity index is 1.25. The summed E-state index contributed by atoms with van der Waals surface area (Å²) in [5.41, 5.74) is 2.80. The van der Waals surface area contributed by atoms with Gasteiger partial charge in [-0.05, 0) is 55.9 Å². The van der Waals surface area contributed by atoms with Crippen molar-refractivity contribution in [3.63, 3.8) is 0 Å². The van der Waals surface area contributed by atoms with Gasteiger partial charge in [-0.25, -0.2) is 0 Å². The van der Waals surface area contributed by atoms with Crippen molar-refractivity contribution < 1.29 is 24.2 Å². The van der Waals surface area contributed by atoms with Gasteiger partial charge in [0.2, 0.25) is 11.8 Å². The number of aliphatic hydroxyl groups is 1. The zero-order chi connectivity index (χ0) is 23.7. The molecule has 3 N–H and O–H groups in total. The highest BCUT2D eigenvalue weighted by atomic mass is 16.6. The maximum atomic E-state index is 12.8. The van der Waals surface area contributed by atoms with E-state index in [1.807, 2.05) is 55.5 Å². The van der Waals surface area contributed by atoms with Gasteiger partial charge in [0.15, 0.2) is 0 Å². The molecule has 2 heterocycles. The second kappa shape index (κ2) is 9.76. The molecular formula is C27H32N2O5. The number of amides is 2. The second-order valence-electron chi connectivity index (χ2n) is 9.76. The first-order valence-electron chi connectivity index (χ1n) is 12.2. The van der Waals surface area contributed by atoms with Crippen molar-refractivity contribution in [2.24, 2.45) is 5.92 Å². The molecule has 0 aromatic heterocycles. The minimum Gasteiger partial charge on any atom is -0.487 e. The van der Waals surface area contributed by atoms with Crippen LogP contribution in [-0.4, -0.2) is 41.8 Å². The topological polar surface area (TPSA) is 96.9 Å². The average molecular weight is 465 g/mol. The van der Waals surface area contributed by atoms with Crippen LogP contribution in [0.1, 0.15) is 62.1 Å².